The van der Waals surface area contributed by atoms with Gasteiger partial charge < -0.3 is 19.4 Å². The molecule has 7 nitrogen and oxygen atoms in total. The molecular weight excluding hydrogens is 382 g/mol. The zero-order valence-electron chi connectivity index (χ0n) is 18.2. The van der Waals surface area contributed by atoms with Crippen molar-refractivity contribution in [2.75, 3.05) is 13.7 Å². The lowest BCUT2D eigenvalue weighted by Crippen LogP contribution is -2.33. The highest BCUT2D eigenvalue weighted by Crippen LogP contribution is 2.28. The van der Waals surface area contributed by atoms with Crippen molar-refractivity contribution >= 4 is 12.1 Å². The van der Waals surface area contributed by atoms with Gasteiger partial charge in [-0.2, -0.15) is 0 Å². The second kappa shape index (κ2) is 9.32. The van der Waals surface area contributed by atoms with Crippen LogP contribution < -0.4 is 5.32 Å². The Hall–Kier alpha value is -2.83. The Kier molecular flexibility index (Phi) is 6.80. The van der Waals surface area contributed by atoms with Crippen LogP contribution >= 0.6 is 0 Å². The predicted molar refractivity (Wildman–Crippen MR) is 114 cm³/mol. The molecule has 1 N–H and O–H groups in total. The van der Waals surface area contributed by atoms with Gasteiger partial charge in [0.15, 0.2) is 0 Å². The van der Waals surface area contributed by atoms with E-state index in [4.69, 9.17) is 9.47 Å². The third kappa shape index (κ3) is 5.40. The Morgan fingerprint density at radius 1 is 1.23 bits per heavy atom. The first-order valence-electron chi connectivity index (χ1n) is 10.5. The van der Waals surface area contributed by atoms with E-state index in [-0.39, 0.29) is 11.9 Å². The number of hydrogen-bond acceptors (Lipinski definition) is 5. The van der Waals surface area contributed by atoms with Gasteiger partial charge in [0, 0.05) is 24.3 Å². The molecular formula is C23H31N3O4. The number of para-hydroxylation sites is 1. The van der Waals surface area contributed by atoms with Crippen LogP contribution in [0.5, 0.6) is 0 Å². The van der Waals surface area contributed by atoms with E-state index in [0.29, 0.717) is 25.8 Å². The van der Waals surface area contributed by atoms with E-state index < -0.39 is 11.7 Å². The van der Waals surface area contributed by atoms with Crippen molar-refractivity contribution in [3.8, 4) is 5.69 Å². The fourth-order valence-corrected chi connectivity index (χ4v) is 3.82. The zero-order valence-corrected chi connectivity index (χ0v) is 18.2. The van der Waals surface area contributed by atoms with Gasteiger partial charge in [-0.05, 0) is 58.1 Å². The van der Waals surface area contributed by atoms with Crippen LogP contribution in [0.25, 0.3) is 5.69 Å². The van der Waals surface area contributed by atoms with Gasteiger partial charge in [-0.25, -0.2) is 9.78 Å². The van der Waals surface area contributed by atoms with E-state index in [2.05, 4.69) is 33.1 Å². The minimum absolute atomic E-state index is 0.245. The Labute approximate surface area is 177 Å². The quantitative estimate of drug-likeness (QED) is 0.554. The smallest absolute Gasteiger partial charge is 0.407 e. The number of aromatic nitrogens is 2. The second-order valence-electron chi connectivity index (χ2n) is 8.63. The summed E-state index contributed by atoms with van der Waals surface area (Å²) in [4.78, 5) is 28.7. The molecule has 0 aliphatic carbocycles. The molecule has 1 aromatic heterocycles. The van der Waals surface area contributed by atoms with E-state index in [0.717, 1.165) is 29.9 Å². The fourth-order valence-electron chi connectivity index (χ4n) is 3.82. The van der Waals surface area contributed by atoms with Gasteiger partial charge in [0.05, 0.1) is 25.0 Å². The maximum absolute atomic E-state index is 12.4. The van der Waals surface area contributed by atoms with Crippen LogP contribution in [-0.4, -0.2) is 40.9 Å². The summed E-state index contributed by atoms with van der Waals surface area (Å²) in [6.45, 7) is 5.91. The highest BCUT2D eigenvalue weighted by Gasteiger charge is 2.25. The number of rotatable bonds is 7. The number of carbonyl (C=O) groups is 2. The van der Waals surface area contributed by atoms with Crippen LogP contribution in [0, 0.1) is 5.92 Å². The van der Waals surface area contributed by atoms with Crippen LogP contribution in [0.2, 0.25) is 0 Å². The van der Waals surface area contributed by atoms with Crippen molar-refractivity contribution < 1.29 is 19.1 Å². The van der Waals surface area contributed by atoms with Crippen LogP contribution in [0.1, 0.15) is 50.6 Å². The number of hydrogen-bond donors (Lipinski definition) is 1. The molecule has 0 unspecified atom stereocenters. The number of nitrogens with zero attached hydrogens (tertiary/aromatic N) is 2. The molecule has 0 fully saturated rings. The largest absolute Gasteiger partial charge is 0.469 e. The number of imidazole rings is 1. The third-order valence-corrected chi connectivity index (χ3v) is 5.21. The van der Waals surface area contributed by atoms with Crippen LogP contribution in [0.15, 0.2) is 30.6 Å². The van der Waals surface area contributed by atoms with Gasteiger partial charge in [0.25, 0.3) is 0 Å². The molecule has 2 heterocycles. The Bertz CT molecular complexity index is 898. The molecule has 0 bridgehead atoms. The highest BCUT2D eigenvalue weighted by molar-refractivity contribution is 5.72. The lowest BCUT2D eigenvalue weighted by atomic mass is 9.94. The van der Waals surface area contributed by atoms with Crippen molar-refractivity contribution in [3.63, 3.8) is 0 Å². The molecule has 2 aromatic rings. The van der Waals surface area contributed by atoms with Gasteiger partial charge in [0.1, 0.15) is 5.60 Å². The summed E-state index contributed by atoms with van der Waals surface area (Å²) in [5.41, 5.74) is 4.05. The van der Waals surface area contributed by atoms with Crippen molar-refractivity contribution in [2.45, 2.75) is 58.5 Å². The summed E-state index contributed by atoms with van der Waals surface area (Å²) in [6, 6.07) is 8.33. The molecule has 1 aromatic carbocycles. The van der Waals surface area contributed by atoms with E-state index in [9.17, 15) is 9.59 Å². The van der Waals surface area contributed by atoms with E-state index in [1.165, 1.54) is 12.7 Å². The van der Waals surface area contributed by atoms with Crippen molar-refractivity contribution in [3.05, 3.63) is 47.5 Å². The minimum atomic E-state index is -0.530. The molecule has 0 radical (unpaired) electrons. The molecule has 0 spiro atoms. The first-order valence-corrected chi connectivity index (χ1v) is 10.5. The molecule has 7 heteroatoms. The number of alkyl carbamates (subject to hydrolysis) is 1. The predicted octanol–water partition coefficient (Wildman–Crippen LogP) is 3.61. The normalized spacial score (nSPS) is 13.7. The van der Waals surface area contributed by atoms with Crippen LogP contribution in [0.3, 0.4) is 0 Å². The number of nitrogens with one attached hydrogen (secondary N) is 1. The standard InChI is InChI=1S/C23H31N3O4/c1-23(2,3)30-22(28)24-13-7-9-17(21(27)29-4)14-18-20-12-11-16-8-5-6-10-19(16)26(20)15-25-18/h5-6,8,10,15,17H,7,9,11-14H2,1-4H3,(H,24,28)/t17-/m0/s1. The summed E-state index contributed by atoms with van der Waals surface area (Å²) < 4.78 is 12.4. The average molecular weight is 414 g/mol. The second-order valence-corrected chi connectivity index (χ2v) is 8.63. The van der Waals surface area contributed by atoms with Gasteiger partial charge in [0.2, 0.25) is 0 Å². The molecule has 0 saturated heterocycles. The first kappa shape index (κ1) is 21.9. The highest BCUT2D eigenvalue weighted by atomic mass is 16.6. The van der Waals surface area contributed by atoms with E-state index in [1.807, 2.05) is 33.2 Å². The number of carbonyl (C=O) groups excluding carboxylic acids is 2. The molecule has 30 heavy (non-hydrogen) atoms. The maximum atomic E-state index is 12.4. The minimum Gasteiger partial charge on any atom is -0.469 e. The number of ether oxygens (including phenoxy) is 2. The topological polar surface area (TPSA) is 82.4 Å². The number of benzene rings is 1. The SMILES string of the molecule is COC(=O)[C@@H](CCCNC(=O)OC(C)(C)C)Cc1ncn2c1CCc1ccccc1-2. The summed E-state index contributed by atoms with van der Waals surface area (Å²) >= 11 is 0. The summed E-state index contributed by atoms with van der Waals surface area (Å²) in [6.07, 6.45) is 5.06. The molecule has 1 aliphatic rings. The van der Waals surface area contributed by atoms with Crippen molar-refractivity contribution in [1.29, 1.82) is 0 Å². The molecule has 162 valence electrons. The summed E-state index contributed by atoms with van der Waals surface area (Å²) in [5, 5.41) is 2.74. The number of methoxy groups -OCH3 is 1. The van der Waals surface area contributed by atoms with Crippen molar-refractivity contribution in [2.24, 2.45) is 5.92 Å². The van der Waals surface area contributed by atoms with Crippen molar-refractivity contribution in [1.82, 2.24) is 14.9 Å². The van der Waals surface area contributed by atoms with E-state index in [1.54, 1.807) is 0 Å². The summed E-state index contributed by atoms with van der Waals surface area (Å²) in [7, 11) is 1.41. The van der Waals surface area contributed by atoms with Crippen LogP contribution in [-0.2, 0) is 33.5 Å². The number of esters is 1. The number of amides is 1. The number of fused-ring (bicyclic) bond motifs is 3. The molecule has 3 rings (SSSR count). The Morgan fingerprint density at radius 2 is 2.00 bits per heavy atom. The third-order valence-electron chi connectivity index (χ3n) is 5.21. The Morgan fingerprint density at radius 3 is 2.73 bits per heavy atom. The lowest BCUT2D eigenvalue weighted by Gasteiger charge is -2.21. The Balaban J connectivity index is 1.61. The first-order chi connectivity index (χ1) is 14.3. The monoisotopic (exact) mass is 413 g/mol. The van der Waals surface area contributed by atoms with E-state index >= 15 is 0 Å². The molecule has 1 amide bonds. The summed E-state index contributed by atoms with van der Waals surface area (Å²) in [5.74, 6) is -0.544. The van der Waals surface area contributed by atoms with Crippen LogP contribution in [0.4, 0.5) is 4.79 Å². The molecule has 0 saturated carbocycles. The number of aryl methyl sites for hydroxylation is 1. The van der Waals surface area contributed by atoms with Gasteiger partial charge >= 0.3 is 12.1 Å². The zero-order chi connectivity index (χ0) is 21.7. The van der Waals surface area contributed by atoms with Gasteiger partial charge in [-0.1, -0.05) is 18.2 Å². The fraction of sp³-hybridized carbons (Fsp3) is 0.522. The average Bonchev–Trinajstić information content (AvgIpc) is 3.11. The lowest BCUT2D eigenvalue weighted by molar-refractivity contribution is -0.145. The van der Waals surface area contributed by atoms with Gasteiger partial charge in [-0.3, -0.25) is 4.79 Å². The molecule has 1 aliphatic heterocycles. The molecule has 1 atom stereocenters. The van der Waals surface area contributed by atoms with Gasteiger partial charge in [-0.15, -0.1) is 0 Å². The maximum Gasteiger partial charge on any atom is 0.407 e.